The van der Waals surface area contributed by atoms with Crippen molar-refractivity contribution in [1.82, 2.24) is 0 Å². The molecule has 6 saturated heterocycles. The summed E-state index contributed by atoms with van der Waals surface area (Å²) in [4.78, 5) is 13.4. The molecule has 0 radical (unpaired) electrons. The molecule has 6 aliphatic heterocycles. The second kappa shape index (κ2) is 43.6. The van der Waals surface area contributed by atoms with Gasteiger partial charge in [-0.1, -0.05) is 101 Å². The minimum Gasteiger partial charge on any atom is -0.373 e. The van der Waals surface area contributed by atoms with Crippen molar-refractivity contribution in [1.29, 1.82) is 0 Å². The third-order valence-corrected chi connectivity index (χ3v) is 24.8. The zero-order valence-electron chi connectivity index (χ0n) is 60.4. The number of unbranched alkanes of at least 4 members (excludes halogenated alkanes) is 7. The van der Waals surface area contributed by atoms with E-state index in [1.807, 2.05) is 27.7 Å². The van der Waals surface area contributed by atoms with E-state index in [1.165, 1.54) is 6.92 Å². The molecule has 0 aliphatic carbocycles. The van der Waals surface area contributed by atoms with Gasteiger partial charge in [-0.05, 0) is 56.7 Å². The van der Waals surface area contributed by atoms with Gasteiger partial charge in [-0.15, -0.1) is 0 Å². The van der Waals surface area contributed by atoms with E-state index in [4.69, 9.17) is 106 Å². The Bertz CT molecular complexity index is 2190. The van der Waals surface area contributed by atoms with Crippen molar-refractivity contribution in [3.63, 3.8) is 0 Å². The van der Waals surface area contributed by atoms with E-state index in [1.54, 1.807) is 6.92 Å². The van der Waals surface area contributed by atoms with Crippen molar-refractivity contribution in [3.05, 3.63) is 0 Å². The Morgan fingerprint density at radius 2 is 0.947 bits per heavy atom. The van der Waals surface area contributed by atoms with Crippen molar-refractivity contribution in [2.45, 2.75) is 372 Å². The molecule has 95 heavy (non-hydrogen) atoms. The van der Waals surface area contributed by atoms with Crippen molar-refractivity contribution in [3.8, 4) is 0 Å². The molecule has 558 valence electrons. The Labute approximate surface area is 587 Å². The van der Waals surface area contributed by atoms with Gasteiger partial charge < -0.3 is 28.8 Å². The van der Waals surface area contributed by atoms with Gasteiger partial charge in [-0.25, -0.2) is 0 Å². The number of ether oxygens (including phenoxy) is 19. The normalized spacial score (nSPS) is 37.1. The van der Waals surface area contributed by atoms with Gasteiger partial charge in [-0.3, -0.25) is 0 Å². The summed E-state index contributed by atoms with van der Waals surface area (Å²) in [5.74, 6) is -1.62. The summed E-state index contributed by atoms with van der Waals surface area (Å²) in [5.41, 5.74) is 0. The molecule has 6 rings (SSSR count). The Morgan fingerprint density at radius 3 is 1.52 bits per heavy atom. The number of carbonyl (C=O) groups excluding carboxylic acids is 1. The summed E-state index contributed by atoms with van der Waals surface area (Å²) in [5, 5.41) is 12.3. The van der Waals surface area contributed by atoms with E-state index >= 15 is 0 Å². The molecule has 0 aromatic heterocycles. The van der Waals surface area contributed by atoms with Gasteiger partial charge in [0, 0.05) is 33.0 Å². The average Bonchev–Trinajstić information content (AvgIpc) is 1.71. The number of aliphatic hydroxyl groups excluding tert-OH is 1. The first-order valence-electron chi connectivity index (χ1n) is 36.5. The molecule has 25 atom stereocenters. The number of hydrogen-bond acceptors (Lipinski definition) is 23. The van der Waals surface area contributed by atoms with Gasteiger partial charge in [-0.2, -0.15) is 0 Å². The van der Waals surface area contributed by atoms with Crippen LogP contribution in [0, 0.1) is 0 Å². The molecule has 6 heterocycles. The van der Waals surface area contributed by atoms with E-state index < -0.39 is 175 Å². The van der Waals surface area contributed by atoms with Crippen LogP contribution in [0.15, 0.2) is 0 Å². The Balaban J connectivity index is 1.55. The van der Waals surface area contributed by atoms with Crippen LogP contribution in [0.5, 0.6) is 0 Å². The van der Waals surface area contributed by atoms with E-state index in [0.29, 0.717) is 46.1 Å². The number of thiol groups is 1. The van der Waals surface area contributed by atoms with Crippen molar-refractivity contribution in [2.75, 3.05) is 59.5 Å². The molecule has 0 saturated carbocycles. The Hall–Kier alpha value is 0.357. The topological polar surface area (TPSA) is 231 Å². The number of aliphatic hydroxyl groups is 1. The molecule has 11 unspecified atom stereocenters. The molecular weight excluding hydrogens is 1400 g/mol. The minimum atomic E-state index is -2.57. The number of esters is 1. The number of fused-ring (bicyclic) bond motifs is 1. The summed E-state index contributed by atoms with van der Waals surface area (Å²) in [7, 11) is 0.746. The quantitative estimate of drug-likeness (QED) is 0.0144. The molecule has 0 aromatic carbocycles. The number of carbonyl (C=O) groups is 1. The van der Waals surface area contributed by atoms with Gasteiger partial charge in [0.1, 0.15) is 18.3 Å². The van der Waals surface area contributed by atoms with Crippen LogP contribution in [0.25, 0.3) is 0 Å². The van der Waals surface area contributed by atoms with Crippen LogP contribution < -0.4 is 0 Å². The molecule has 23 nitrogen and oxygen atoms in total. The summed E-state index contributed by atoms with van der Waals surface area (Å²) < 4.78 is 146. The summed E-state index contributed by atoms with van der Waals surface area (Å²) in [6, 6.07) is 2.47. The van der Waals surface area contributed by atoms with Crippen LogP contribution in [-0.2, 0) is 103 Å². The van der Waals surface area contributed by atoms with E-state index in [2.05, 4.69) is 90.4 Å². The smallest absolute Gasteiger partial charge is 0.373 e. The second-order valence-electron chi connectivity index (χ2n) is 26.7. The maximum absolute atomic E-state index is 13.4. The fourth-order valence-corrected chi connectivity index (χ4v) is 17.2. The molecule has 0 spiro atoms. The molecule has 1 N–H and O–H groups in total. The van der Waals surface area contributed by atoms with Crippen molar-refractivity contribution in [2.24, 2.45) is 0 Å². The van der Waals surface area contributed by atoms with Crippen LogP contribution in [0.4, 0.5) is 0 Å². The first kappa shape index (κ1) is 84.3. The van der Waals surface area contributed by atoms with E-state index in [-0.39, 0.29) is 19.8 Å². The Morgan fingerprint density at radius 1 is 0.505 bits per heavy atom. The van der Waals surface area contributed by atoms with Crippen LogP contribution >= 0.6 is 36.3 Å². The molecular formula is C68H126IO23PSSi. The van der Waals surface area contributed by atoms with Crippen molar-refractivity contribution >= 4 is 50.6 Å². The number of rotatable bonds is 44. The fourth-order valence-electron chi connectivity index (χ4n) is 13.0. The van der Waals surface area contributed by atoms with Crippen LogP contribution in [0.2, 0.25) is 18.1 Å². The third-order valence-electron chi connectivity index (χ3n) is 18.8. The van der Waals surface area contributed by atoms with Gasteiger partial charge >= 0.3 is 331 Å². The molecule has 6 fully saturated rings. The predicted octanol–water partition coefficient (Wildman–Crippen LogP) is 12.6. The third kappa shape index (κ3) is 24.5. The monoisotopic (exact) mass is 1530 g/mol. The van der Waals surface area contributed by atoms with E-state index in [9.17, 15) is 9.90 Å². The SMILES string of the molecule is CCCCOCC1O[C@@H](O[C@H]2C(OCCCC)[C@H](O[C@@H]3C(O[C@@H]4OC(C)[C@H](OCCCC)C5OC(C)(C)O[C@@H]54)[C@@H](OC(C)=O)C(C)O[C@H]3O[SH](#P)I)OC(C)[C@@H]2O[C@@H]2OC[C@@H](OCCCC)[C@@H](O)C2OCCCC)C(O[Si](CC)(CC)CC)C(OCCCC)[C@@H]1OCCCC. The predicted molar refractivity (Wildman–Crippen MR) is 373 cm³/mol. The summed E-state index contributed by atoms with van der Waals surface area (Å²) >= 11 is 2.11. The Kier molecular flexibility index (Phi) is 38.7. The first-order chi connectivity index (χ1) is 45.7. The van der Waals surface area contributed by atoms with Gasteiger partial charge in [0.15, 0.2) is 8.32 Å². The summed E-state index contributed by atoms with van der Waals surface area (Å²) in [6.45, 7) is 35.2. The maximum atomic E-state index is 13.4. The van der Waals surface area contributed by atoms with Crippen LogP contribution in [-0.4, -0.2) is 232 Å². The standard InChI is InChI=1S/C68H126IO23PSSi/c1-17-27-34-72-41-48-53(75-37-30-20-4)55(77-39-32-22-6)62(92-95(24-8,25-9)26-10)66(84-48)86-56-52(85-63-54(76-38-31-21-5)49(71)47(42-79-63)73-35-28-18-2)45(13)81-64(59(56)78-40-33-23-7)88-60-57(51(83-46(14)70)44(12)82-67(60)91-94(69)93)87-65-61-58(89-68(15,16)90-61)50(43(11)80-65)74-36-29-19-3/h43-45,47-67,71,94H,17-42H2,1-16H3/t43?,44?,45?,47-,48?,49-,50+,51+,52+,53-,54?,55?,56-,57?,58?,59?,60-,61+,62?,63+,64+,65+,66+,67+/m1/s1. The number of halogens is 1. The molecule has 6 aliphatic rings. The van der Waals surface area contributed by atoms with Gasteiger partial charge in [0.25, 0.3) is 0 Å². The molecule has 27 heteroatoms. The molecule has 0 aromatic rings. The second-order valence-corrected chi connectivity index (χ2v) is 38.1. The van der Waals surface area contributed by atoms with Crippen LogP contribution in [0.1, 0.15) is 201 Å². The average molecular weight is 1530 g/mol. The molecule has 0 amide bonds. The van der Waals surface area contributed by atoms with Gasteiger partial charge in [0.05, 0.1) is 13.2 Å². The van der Waals surface area contributed by atoms with E-state index in [0.717, 1.165) is 102 Å². The fraction of sp³-hybridized carbons (Fsp3) is 0.985. The zero-order valence-corrected chi connectivity index (χ0v) is 65.4. The van der Waals surface area contributed by atoms with Crippen LogP contribution in [0.3, 0.4) is 0 Å². The van der Waals surface area contributed by atoms with Crippen molar-refractivity contribution < 1.29 is 109 Å². The zero-order chi connectivity index (χ0) is 69.2. The number of hydrogen-bond donors (Lipinski definition) is 2. The van der Waals surface area contributed by atoms with Gasteiger partial charge in [0.2, 0.25) is 0 Å². The minimum absolute atomic E-state index is 0.0251. The first-order valence-corrected chi connectivity index (χ1v) is 44.3. The molecule has 0 bridgehead atoms. The summed E-state index contributed by atoms with van der Waals surface area (Å²) in [6.07, 6.45) is -10.8.